The minimum Gasteiger partial charge on any atom is -0.396 e. The van der Waals surface area contributed by atoms with Gasteiger partial charge in [0.05, 0.1) is 6.61 Å². The molecule has 0 aliphatic carbocycles. The molecule has 0 saturated carbocycles. The van der Waals surface area contributed by atoms with Crippen LogP contribution in [0.25, 0.3) is 0 Å². The molecule has 2 rings (SSSR count). The SMILES string of the molecule is OC[C@H](Cc1ccccc1)c1cccs1. The molecule has 0 amide bonds. The Bertz CT molecular complexity index is 380. The molecular formula is C13H14OS. The molecule has 0 unspecified atom stereocenters. The predicted octanol–water partition coefficient (Wildman–Crippen LogP) is 3.07. The Morgan fingerprint density at radius 2 is 1.87 bits per heavy atom. The number of hydrogen-bond acceptors (Lipinski definition) is 2. The Morgan fingerprint density at radius 1 is 1.07 bits per heavy atom. The lowest BCUT2D eigenvalue weighted by Crippen LogP contribution is -2.05. The van der Waals surface area contributed by atoms with Gasteiger partial charge in [-0.15, -0.1) is 11.3 Å². The van der Waals surface area contributed by atoms with Crippen LogP contribution in [0.2, 0.25) is 0 Å². The molecule has 0 saturated heterocycles. The van der Waals surface area contributed by atoms with Gasteiger partial charge in [0, 0.05) is 10.8 Å². The lowest BCUT2D eigenvalue weighted by atomic mass is 9.99. The summed E-state index contributed by atoms with van der Waals surface area (Å²) >= 11 is 1.71. The zero-order chi connectivity index (χ0) is 10.5. The van der Waals surface area contributed by atoms with Gasteiger partial charge in [-0.05, 0) is 23.4 Å². The molecule has 0 bridgehead atoms. The van der Waals surface area contributed by atoms with Gasteiger partial charge in [-0.1, -0.05) is 36.4 Å². The van der Waals surface area contributed by atoms with Crippen LogP contribution in [0.3, 0.4) is 0 Å². The molecule has 1 atom stereocenters. The van der Waals surface area contributed by atoms with E-state index in [1.54, 1.807) is 11.3 Å². The Kier molecular flexibility index (Phi) is 3.54. The van der Waals surface area contributed by atoms with Gasteiger partial charge >= 0.3 is 0 Å². The standard InChI is InChI=1S/C13H14OS/c14-10-12(13-7-4-8-15-13)9-11-5-2-1-3-6-11/h1-8,12,14H,9-10H2/t12-/m0/s1. The number of hydrogen-bond donors (Lipinski definition) is 1. The van der Waals surface area contributed by atoms with Crippen molar-refractivity contribution in [1.82, 2.24) is 0 Å². The van der Waals surface area contributed by atoms with Gasteiger partial charge in [0.1, 0.15) is 0 Å². The molecule has 1 aromatic heterocycles. The van der Waals surface area contributed by atoms with E-state index < -0.39 is 0 Å². The first-order valence-corrected chi connectivity index (χ1v) is 5.96. The molecular weight excluding hydrogens is 204 g/mol. The molecule has 1 heterocycles. The summed E-state index contributed by atoms with van der Waals surface area (Å²) in [4.78, 5) is 1.27. The van der Waals surface area contributed by atoms with Crippen LogP contribution in [0.4, 0.5) is 0 Å². The molecule has 0 spiro atoms. The van der Waals surface area contributed by atoms with E-state index >= 15 is 0 Å². The maximum Gasteiger partial charge on any atom is 0.0510 e. The molecule has 1 N–H and O–H groups in total. The largest absolute Gasteiger partial charge is 0.396 e. The lowest BCUT2D eigenvalue weighted by molar-refractivity contribution is 0.266. The van der Waals surface area contributed by atoms with Crippen molar-refractivity contribution in [3.05, 3.63) is 58.3 Å². The minimum absolute atomic E-state index is 0.218. The van der Waals surface area contributed by atoms with E-state index in [2.05, 4.69) is 23.6 Å². The Balaban J connectivity index is 2.10. The van der Waals surface area contributed by atoms with Crippen molar-refractivity contribution < 1.29 is 5.11 Å². The van der Waals surface area contributed by atoms with Crippen LogP contribution in [-0.4, -0.2) is 11.7 Å². The van der Waals surface area contributed by atoms with Gasteiger partial charge in [-0.3, -0.25) is 0 Å². The third kappa shape index (κ3) is 2.67. The van der Waals surface area contributed by atoms with E-state index in [1.165, 1.54) is 10.4 Å². The second-order valence-corrected chi connectivity index (χ2v) is 4.56. The van der Waals surface area contributed by atoms with Gasteiger partial charge in [-0.25, -0.2) is 0 Å². The van der Waals surface area contributed by atoms with Crippen molar-refractivity contribution in [2.75, 3.05) is 6.61 Å². The quantitative estimate of drug-likeness (QED) is 0.836. The van der Waals surface area contributed by atoms with Gasteiger partial charge in [0.25, 0.3) is 0 Å². The third-order valence-electron chi connectivity index (χ3n) is 2.49. The number of aliphatic hydroxyl groups is 1. The molecule has 2 heteroatoms. The highest BCUT2D eigenvalue weighted by Crippen LogP contribution is 2.24. The van der Waals surface area contributed by atoms with Gasteiger partial charge in [0.2, 0.25) is 0 Å². The molecule has 0 radical (unpaired) electrons. The normalized spacial score (nSPS) is 12.6. The van der Waals surface area contributed by atoms with Crippen molar-refractivity contribution in [2.24, 2.45) is 0 Å². The van der Waals surface area contributed by atoms with E-state index in [-0.39, 0.29) is 12.5 Å². The van der Waals surface area contributed by atoms with E-state index in [1.807, 2.05) is 24.3 Å². The molecule has 0 fully saturated rings. The van der Waals surface area contributed by atoms with Crippen molar-refractivity contribution >= 4 is 11.3 Å². The first-order valence-electron chi connectivity index (χ1n) is 5.08. The first-order chi connectivity index (χ1) is 7.40. The summed E-state index contributed by atoms with van der Waals surface area (Å²) in [5.74, 6) is 0.243. The monoisotopic (exact) mass is 218 g/mol. The zero-order valence-electron chi connectivity index (χ0n) is 8.47. The lowest BCUT2D eigenvalue weighted by Gasteiger charge is -2.11. The Labute approximate surface area is 94.0 Å². The van der Waals surface area contributed by atoms with Gasteiger partial charge in [0.15, 0.2) is 0 Å². The molecule has 2 aromatic rings. The van der Waals surface area contributed by atoms with Crippen LogP contribution in [-0.2, 0) is 6.42 Å². The highest BCUT2D eigenvalue weighted by molar-refractivity contribution is 7.10. The average molecular weight is 218 g/mol. The second kappa shape index (κ2) is 5.10. The summed E-state index contributed by atoms with van der Waals surface area (Å²) in [5.41, 5.74) is 1.28. The molecule has 0 aliphatic heterocycles. The number of thiophene rings is 1. The van der Waals surface area contributed by atoms with E-state index in [0.29, 0.717) is 0 Å². The molecule has 15 heavy (non-hydrogen) atoms. The molecule has 1 nitrogen and oxygen atoms in total. The number of rotatable bonds is 4. The first kappa shape index (κ1) is 10.4. The van der Waals surface area contributed by atoms with Crippen LogP contribution >= 0.6 is 11.3 Å². The van der Waals surface area contributed by atoms with E-state index in [0.717, 1.165) is 6.42 Å². The van der Waals surface area contributed by atoms with Crippen LogP contribution in [0.5, 0.6) is 0 Å². The molecule has 1 aromatic carbocycles. The fraction of sp³-hybridized carbons (Fsp3) is 0.231. The van der Waals surface area contributed by atoms with Crippen molar-refractivity contribution in [1.29, 1.82) is 0 Å². The van der Waals surface area contributed by atoms with E-state index in [4.69, 9.17) is 0 Å². The van der Waals surface area contributed by atoms with Gasteiger partial charge < -0.3 is 5.11 Å². The number of benzene rings is 1. The fourth-order valence-electron chi connectivity index (χ4n) is 1.68. The number of aliphatic hydroxyl groups excluding tert-OH is 1. The van der Waals surface area contributed by atoms with Gasteiger partial charge in [-0.2, -0.15) is 0 Å². The second-order valence-electron chi connectivity index (χ2n) is 3.58. The minimum atomic E-state index is 0.218. The van der Waals surface area contributed by atoms with Crippen molar-refractivity contribution in [3.63, 3.8) is 0 Å². The van der Waals surface area contributed by atoms with Crippen LogP contribution in [0, 0.1) is 0 Å². The van der Waals surface area contributed by atoms with Crippen molar-refractivity contribution in [3.8, 4) is 0 Å². The average Bonchev–Trinajstić information content (AvgIpc) is 2.81. The molecule has 78 valence electrons. The van der Waals surface area contributed by atoms with Crippen LogP contribution in [0.1, 0.15) is 16.4 Å². The topological polar surface area (TPSA) is 20.2 Å². The summed E-state index contributed by atoms with van der Waals surface area (Å²) in [5, 5.41) is 11.4. The Hall–Kier alpha value is -1.12. The fourth-order valence-corrected chi connectivity index (χ4v) is 2.50. The highest BCUT2D eigenvalue weighted by Gasteiger charge is 2.11. The Morgan fingerprint density at radius 3 is 2.47 bits per heavy atom. The maximum atomic E-state index is 9.37. The summed E-state index contributed by atoms with van der Waals surface area (Å²) in [6.07, 6.45) is 0.915. The van der Waals surface area contributed by atoms with Crippen molar-refractivity contribution in [2.45, 2.75) is 12.3 Å². The zero-order valence-corrected chi connectivity index (χ0v) is 9.28. The molecule has 0 aliphatic rings. The maximum absolute atomic E-state index is 9.37. The smallest absolute Gasteiger partial charge is 0.0510 e. The predicted molar refractivity (Wildman–Crippen MR) is 64.3 cm³/mol. The van der Waals surface area contributed by atoms with Crippen LogP contribution in [0.15, 0.2) is 47.8 Å². The summed E-state index contributed by atoms with van der Waals surface area (Å²) in [7, 11) is 0. The summed E-state index contributed by atoms with van der Waals surface area (Å²) < 4.78 is 0. The van der Waals surface area contributed by atoms with E-state index in [9.17, 15) is 5.11 Å². The van der Waals surface area contributed by atoms with Crippen LogP contribution < -0.4 is 0 Å². The highest BCUT2D eigenvalue weighted by atomic mass is 32.1. The third-order valence-corrected chi connectivity index (χ3v) is 3.53. The summed E-state index contributed by atoms with van der Waals surface area (Å²) in [6, 6.07) is 14.4. The summed E-state index contributed by atoms with van der Waals surface area (Å²) in [6.45, 7) is 0.218.